The van der Waals surface area contributed by atoms with Crippen molar-refractivity contribution >= 4 is 21.6 Å². The zero-order valence-corrected chi connectivity index (χ0v) is 14.2. The van der Waals surface area contributed by atoms with Gasteiger partial charge in [0.2, 0.25) is 10.0 Å². The van der Waals surface area contributed by atoms with Crippen LogP contribution in [0.4, 0.5) is 5.69 Å². The summed E-state index contributed by atoms with van der Waals surface area (Å²) in [5.74, 6) is 0.265. The van der Waals surface area contributed by atoms with Gasteiger partial charge in [-0.15, -0.1) is 0 Å². The third-order valence-corrected chi connectivity index (χ3v) is 4.57. The predicted octanol–water partition coefficient (Wildman–Crippen LogP) is 2.94. The van der Waals surface area contributed by atoms with Crippen LogP contribution in [0.25, 0.3) is 0 Å². The van der Waals surface area contributed by atoms with Crippen molar-refractivity contribution < 1.29 is 13.2 Å². The van der Waals surface area contributed by atoms with E-state index in [1.807, 2.05) is 30.3 Å². The zero-order chi connectivity index (χ0) is 17.2. The minimum absolute atomic E-state index is 0.00905. The maximum atomic E-state index is 12.6. The zero-order valence-electron chi connectivity index (χ0n) is 13.4. The Kier molecular flexibility index (Phi) is 4.57. The van der Waals surface area contributed by atoms with E-state index < -0.39 is 10.0 Å². The molecule has 1 atom stereocenters. The number of sulfonamides is 1. The lowest BCUT2D eigenvalue weighted by atomic mass is 10.0. The molecule has 24 heavy (non-hydrogen) atoms. The van der Waals surface area contributed by atoms with Crippen molar-refractivity contribution in [2.24, 2.45) is 5.92 Å². The van der Waals surface area contributed by atoms with Gasteiger partial charge in [-0.05, 0) is 42.5 Å². The lowest BCUT2D eigenvalue weighted by Gasteiger charge is -2.19. The Morgan fingerprint density at radius 1 is 1.08 bits per heavy atom. The monoisotopic (exact) mass is 344 g/mol. The van der Waals surface area contributed by atoms with E-state index in [2.05, 4.69) is 10.0 Å². The van der Waals surface area contributed by atoms with Gasteiger partial charge < -0.3 is 5.32 Å². The molecule has 3 rings (SSSR count). The van der Waals surface area contributed by atoms with Gasteiger partial charge in [-0.1, -0.05) is 36.4 Å². The third kappa shape index (κ3) is 4.35. The summed E-state index contributed by atoms with van der Waals surface area (Å²) in [5.41, 5.74) is 1.91. The van der Waals surface area contributed by atoms with Crippen LogP contribution in [0.2, 0.25) is 0 Å². The van der Waals surface area contributed by atoms with Crippen molar-refractivity contribution in [3.05, 3.63) is 65.7 Å². The summed E-state index contributed by atoms with van der Waals surface area (Å²) in [6.07, 6.45) is 3.29. The van der Waals surface area contributed by atoms with Gasteiger partial charge in [0.1, 0.15) is 0 Å². The Balaban J connectivity index is 1.77. The first kappa shape index (κ1) is 16.5. The lowest BCUT2D eigenvalue weighted by molar-refractivity contribution is 0.0931. The van der Waals surface area contributed by atoms with Gasteiger partial charge >= 0.3 is 0 Å². The van der Waals surface area contributed by atoms with Crippen LogP contribution in [0.5, 0.6) is 0 Å². The van der Waals surface area contributed by atoms with E-state index in [0.29, 0.717) is 17.2 Å². The molecule has 1 aliphatic rings. The second kappa shape index (κ2) is 6.65. The van der Waals surface area contributed by atoms with Crippen molar-refractivity contribution in [2.45, 2.75) is 18.9 Å². The molecule has 126 valence electrons. The molecule has 2 aromatic rings. The van der Waals surface area contributed by atoms with Crippen molar-refractivity contribution in [3.63, 3.8) is 0 Å². The van der Waals surface area contributed by atoms with Crippen LogP contribution < -0.4 is 10.0 Å². The van der Waals surface area contributed by atoms with E-state index in [0.717, 1.165) is 24.7 Å². The largest absolute Gasteiger partial charge is 0.345 e. The highest BCUT2D eigenvalue weighted by Gasteiger charge is 2.33. The molecule has 0 aromatic heterocycles. The van der Waals surface area contributed by atoms with Gasteiger partial charge in [0, 0.05) is 11.3 Å². The second-order valence-corrected chi connectivity index (χ2v) is 7.90. The highest BCUT2D eigenvalue weighted by molar-refractivity contribution is 7.92. The van der Waals surface area contributed by atoms with Gasteiger partial charge in [0.25, 0.3) is 5.91 Å². The van der Waals surface area contributed by atoms with E-state index in [4.69, 9.17) is 0 Å². The molecule has 2 aromatic carbocycles. The number of carbonyl (C=O) groups is 1. The molecule has 0 radical (unpaired) electrons. The number of nitrogens with one attached hydrogen (secondary N) is 2. The third-order valence-electron chi connectivity index (χ3n) is 3.97. The molecule has 0 aliphatic heterocycles. The van der Waals surface area contributed by atoms with Crippen molar-refractivity contribution in [2.75, 3.05) is 11.0 Å². The van der Waals surface area contributed by atoms with Crippen molar-refractivity contribution in [1.82, 2.24) is 5.32 Å². The van der Waals surface area contributed by atoms with Gasteiger partial charge in [0.15, 0.2) is 0 Å². The van der Waals surface area contributed by atoms with E-state index in [1.54, 1.807) is 24.3 Å². The Bertz CT molecular complexity index is 830. The molecule has 1 aliphatic carbocycles. The van der Waals surface area contributed by atoms with Crippen LogP contribution >= 0.6 is 0 Å². The lowest BCUT2D eigenvalue weighted by Crippen LogP contribution is -2.30. The average Bonchev–Trinajstić information content (AvgIpc) is 3.36. The van der Waals surface area contributed by atoms with Gasteiger partial charge in [-0.3, -0.25) is 9.52 Å². The summed E-state index contributed by atoms with van der Waals surface area (Å²) in [6, 6.07) is 16.4. The normalized spacial score (nSPS) is 15.5. The first-order chi connectivity index (χ1) is 11.4. The number of rotatable bonds is 6. The summed E-state index contributed by atoms with van der Waals surface area (Å²) in [6.45, 7) is 0. The maximum absolute atomic E-state index is 12.6. The number of carbonyl (C=O) groups excluding carboxylic acids is 1. The van der Waals surface area contributed by atoms with Crippen LogP contribution in [-0.2, 0) is 10.0 Å². The second-order valence-electron chi connectivity index (χ2n) is 6.15. The molecule has 1 saturated carbocycles. The number of amides is 1. The summed E-state index contributed by atoms with van der Waals surface area (Å²) in [7, 11) is -3.37. The average molecular weight is 344 g/mol. The van der Waals surface area contributed by atoms with Crippen LogP contribution in [-0.4, -0.2) is 20.6 Å². The van der Waals surface area contributed by atoms with Gasteiger partial charge in [-0.2, -0.15) is 0 Å². The molecule has 0 spiro atoms. The van der Waals surface area contributed by atoms with Crippen LogP contribution in [0, 0.1) is 5.92 Å². The molecular weight excluding hydrogens is 324 g/mol. The summed E-state index contributed by atoms with van der Waals surface area (Å²) in [5, 5.41) is 3.09. The van der Waals surface area contributed by atoms with E-state index >= 15 is 0 Å². The Morgan fingerprint density at radius 3 is 2.42 bits per heavy atom. The SMILES string of the molecule is CS(=O)(=O)Nc1cccc(C(=O)NC(c2ccccc2)C2CC2)c1. The maximum Gasteiger partial charge on any atom is 0.251 e. The molecule has 1 unspecified atom stereocenters. The Morgan fingerprint density at radius 2 is 1.79 bits per heavy atom. The van der Waals surface area contributed by atoms with Gasteiger partial charge in [0.05, 0.1) is 12.3 Å². The Labute approximate surface area is 142 Å². The quantitative estimate of drug-likeness (QED) is 0.846. The topological polar surface area (TPSA) is 75.3 Å². The van der Waals surface area contributed by atoms with Crippen molar-refractivity contribution in [1.29, 1.82) is 0 Å². The minimum atomic E-state index is -3.37. The first-order valence-electron chi connectivity index (χ1n) is 7.86. The fraction of sp³-hybridized carbons (Fsp3) is 0.278. The summed E-state index contributed by atoms with van der Waals surface area (Å²) < 4.78 is 25.0. The van der Waals surface area contributed by atoms with E-state index in [1.165, 1.54) is 0 Å². The molecule has 0 bridgehead atoms. The molecule has 1 fully saturated rings. The number of anilines is 1. The first-order valence-corrected chi connectivity index (χ1v) is 9.75. The number of hydrogen-bond acceptors (Lipinski definition) is 3. The smallest absolute Gasteiger partial charge is 0.251 e. The fourth-order valence-electron chi connectivity index (χ4n) is 2.73. The van der Waals surface area contributed by atoms with Crippen LogP contribution in [0.1, 0.15) is 34.8 Å². The summed E-state index contributed by atoms with van der Waals surface area (Å²) >= 11 is 0. The Hall–Kier alpha value is -2.34. The molecule has 2 N–H and O–H groups in total. The van der Waals surface area contributed by atoms with E-state index in [9.17, 15) is 13.2 Å². The van der Waals surface area contributed by atoms with Crippen LogP contribution in [0.15, 0.2) is 54.6 Å². The number of hydrogen-bond donors (Lipinski definition) is 2. The molecule has 0 heterocycles. The summed E-state index contributed by atoms with van der Waals surface area (Å²) in [4.78, 5) is 12.6. The molecule has 0 saturated heterocycles. The minimum Gasteiger partial charge on any atom is -0.345 e. The highest BCUT2D eigenvalue weighted by atomic mass is 32.2. The van der Waals surface area contributed by atoms with E-state index in [-0.39, 0.29) is 11.9 Å². The molecular formula is C18H20N2O3S. The molecule has 5 nitrogen and oxygen atoms in total. The fourth-order valence-corrected chi connectivity index (χ4v) is 3.28. The highest BCUT2D eigenvalue weighted by Crippen LogP contribution is 2.41. The van der Waals surface area contributed by atoms with Crippen LogP contribution in [0.3, 0.4) is 0 Å². The van der Waals surface area contributed by atoms with Gasteiger partial charge in [-0.25, -0.2) is 8.42 Å². The molecule has 1 amide bonds. The number of benzene rings is 2. The predicted molar refractivity (Wildman–Crippen MR) is 94.3 cm³/mol. The van der Waals surface area contributed by atoms with Crippen molar-refractivity contribution in [3.8, 4) is 0 Å². The molecule has 6 heteroatoms. The standard InChI is InChI=1S/C18H20N2O3S/c1-24(22,23)20-16-9-5-8-15(12-16)18(21)19-17(14-10-11-14)13-6-3-2-4-7-13/h2-9,12,14,17,20H,10-11H2,1H3,(H,19,21).